The highest BCUT2D eigenvalue weighted by atomic mass is 16.5. The molecule has 132 valence electrons. The molecular formula is C20H24N2O3. The second kappa shape index (κ2) is 7.47. The number of piperazine rings is 1. The SMILES string of the molecule is COc1ccc(C(=O)N2CCN(c3cc(C)ccc3OC)CC2)cc1. The van der Waals surface area contributed by atoms with Crippen LogP contribution in [0.25, 0.3) is 0 Å². The lowest BCUT2D eigenvalue weighted by atomic mass is 10.1. The number of rotatable bonds is 4. The van der Waals surface area contributed by atoms with Crippen LogP contribution in [0.1, 0.15) is 15.9 Å². The van der Waals surface area contributed by atoms with Crippen LogP contribution in [0.15, 0.2) is 42.5 Å². The number of nitrogens with zero attached hydrogens (tertiary/aromatic N) is 2. The molecule has 0 radical (unpaired) electrons. The number of anilines is 1. The van der Waals surface area contributed by atoms with Gasteiger partial charge >= 0.3 is 0 Å². The van der Waals surface area contributed by atoms with Crippen molar-refractivity contribution in [2.75, 3.05) is 45.3 Å². The molecule has 0 unspecified atom stereocenters. The molecule has 1 fully saturated rings. The Hall–Kier alpha value is -2.69. The zero-order valence-electron chi connectivity index (χ0n) is 15.0. The predicted octanol–water partition coefficient (Wildman–Crippen LogP) is 2.97. The Morgan fingerprint density at radius 3 is 2.20 bits per heavy atom. The average molecular weight is 340 g/mol. The van der Waals surface area contributed by atoms with Gasteiger partial charge in [0.15, 0.2) is 0 Å². The topological polar surface area (TPSA) is 42.0 Å². The number of methoxy groups -OCH3 is 2. The van der Waals surface area contributed by atoms with Gasteiger partial charge in [-0.1, -0.05) is 6.07 Å². The maximum absolute atomic E-state index is 12.7. The molecule has 5 nitrogen and oxygen atoms in total. The van der Waals surface area contributed by atoms with Gasteiger partial charge < -0.3 is 19.3 Å². The van der Waals surface area contributed by atoms with Crippen LogP contribution < -0.4 is 14.4 Å². The summed E-state index contributed by atoms with van der Waals surface area (Å²) < 4.78 is 10.6. The van der Waals surface area contributed by atoms with E-state index in [-0.39, 0.29) is 5.91 Å². The van der Waals surface area contributed by atoms with Gasteiger partial charge in [-0.2, -0.15) is 0 Å². The molecule has 1 amide bonds. The molecule has 25 heavy (non-hydrogen) atoms. The van der Waals surface area contributed by atoms with Gasteiger partial charge in [0.2, 0.25) is 0 Å². The summed E-state index contributed by atoms with van der Waals surface area (Å²) in [7, 11) is 3.31. The molecule has 0 N–H and O–H groups in total. The molecule has 0 atom stereocenters. The molecule has 1 aliphatic heterocycles. The van der Waals surface area contributed by atoms with Crippen molar-refractivity contribution in [3.05, 3.63) is 53.6 Å². The van der Waals surface area contributed by atoms with Gasteiger partial charge in [-0.05, 0) is 48.9 Å². The van der Waals surface area contributed by atoms with Gasteiger partial charge in [-0.25, -0.2) is 0 Å². The number of benzene rings is 2. The van der Waals surface area contributed by atoms with E-state index in [4.69, 9.17) is 9.47 Å². The van der Waals surface area contributed by atoms with Crippen LogP contribution in [0.5, 0.6) is 11.5 Å². The Labute approximate surface area is 148 Å². The summed E-state index contributed by atoms with van der Waals surface area (Å²) in [5, 5.41) is 0. The van der Waals surface area contributed by atoms with E-state index in [0.717, 1.165) is 30.3 Å². The maximum Gasteiger partial charge on any atom is 0.253 e. The first-order valence-corrected chi connectivity index (χ1v) is 8.45. The summed E-state index contributed by atoms with van der Waals surface area (Å²) in [4.78, 5) is 16.8. The first-order valence-electron chi connectivity index (χ1n) is 8.45. The second-order valence-electron chi connectivity index (χ2n) is 6.18. The van der Waals surface area contributed by atoms with Crippen LogP contribution in [0, 0.1) is 6.92 Å². The number of hydrogen-bond acceptors (Lipinski definition) is 4. The lowest BCUT2D eigenvalue weighted by molar-refractivity contribution is 0.0746. The number of hydrogen-bond donors (Lipinski definition) is 0. The molecule has 2 aromatic carbocycles. The third kappa shape index (κ3) is 3.71. The largest absolute Gasteiger partial charge is 0.497 e. The summed E-state index contributed by atoms with van der Waals surface area (Å²) in [5.41, 5.74) is 2.99. The lowest BCUT2D eigenvalue weighted by Gasteiger charge is -2.36. The van der Waals surface area contributed by atoms with Crippen LogP contribution in [0.4, 0.5) is 5.69 Å². The zero-order valence-corrected chi connectivity index (χ0v) is 15.0. The molecule has 1 heterocycles. The number of ether oxygens (including phenoxy) is 2. The summed E-state index contributed by atoms with van der Waals surface area (Å²) in [6, 6.07) is 13.5. The van der Waals surface area contributed by atoms with Crippen LogP contribution in [-0.2, 0) is 0 Å². The molecule has 2 aromatic rings. The Balaban J connectivity index is 1.67. The molecule has 3 rings (SSSR count). The lowest BCUT2D eigenvalue weighted by Crippen LogP contribution is -2.48. The fraction of sp³-hybridized carbons (Fsp3) is 0.350. The predicted molar refractivity (Wildman–Crippen MR) is 98.8 cm³/mol. The van der Waals surface area contributed by atoms with E-state index in [1.54, 1.807) is 14.2 Å². The monoisotopic (exact) mass is 340 g/mol. The van der Waals surface area contributed by atoms with Crippen molar-refractivity contribution in [1.29, 1.82) is 0 Å². The Bertz CT molecular complexity index is 735. The third-order valence-corrected chi connectivity index (χ3v) is 4.58. The first kappa shape index (κ1) is 17.1. The minimum atomic E-state index is 0.0681. The van der Waals surface area contributed by atoms with Crippen molar-refractivity contribution in [2.24, 2.45) is 0 Å². The molecule has 0 bridgehead atoms. The summed E-state index contributed by atoms with van der Waals surface area (Å²) in [5.74, 6) is 1.70. The molecule has 0 spiro atoms. The fourth-order valence-electron chi connectivity index (χ4n) is 3.11. The standard InChI is InChI=1S/C20H24N2O3/c1-15-4-9-19(25-3)18(14-15)21-10-12-22(13-11-21)20(23)16-5-7-17(24-2)8-6-16/h4-9,14H,10-13H2,1-3H3. The van der Waals surface area contributed by atoms with Crippen molar-refractivity contribution in [3.63, 3.8) is 0 Å². The van der Waals surface area contributed by atoms with E-state index in [1.807, 2.05) is 41.3 Å². The van der Waals surface area contributed by atoms with Gasteiger partial charge in [0.25, 0.3) is 5.91 Å². The number of aryl methyl sites for hydroxylation is 1. The van der Waals surface area contributed by atoms with E-state index in [2.05, 4.69) is 17.9 Å². The van der Waals surface area contributed by atoms with E-state index in [9.17, 15) is 4.79 Å². The maximum atomic E-state index is 12.7. The van der Waals surface area contributed by atoms with Gasteiger partial charge in [-0.15, -0.1) is 0 Å². The Morgan fingerprint density at radius 2 is 1.60 bits per heavy atom. The summed E-state index contributed by atoms with van der Waals surface area (Å²) >= 11 is 0. The normalized spacial score (nSPS) is 14.4. The summed E-state index contributed by atoms with van der Waals surface area (Å²) in [6.45, 7) is 5.06. The van der Waals surface area contributed by atoms with E-state index >= 15 is 0 Å². The van der Waals surface area contributed by atoms with Crippen molar-refractivity contribution in [3.8, 4) is 11.5 Å². The van der Waals surface area contributed by atoms with E-state index < -0.39 is 0 Å². The van der Waals surface area contributed by atoms with Gasteiger partial charge in [-0.3, -0.25) is 4.79 Å². The summed E-state index contributed by atoms with van der Waals surface area (Å²) in [6.07, 6.45) is 0. The van der Waals surface area contributed by atoms with Gasteiger partial charge in [0.05, 0.1) is 19.9 Å². The Morgan fingerprint density at radius 1 is 0.920 bits per heavy atom. The van der Waals surface area contributed by atoms with Crippen molar-refractivity contribution < 1.29 is 14.3 Å². The van der Waals surface area contributed by atoms with Crippen molar-refractivity contribution >= 4 is 11.6 Å². The van der Waals surface area contributed by atoms with Gasteiger partial charge in [0.1, 0.15) is 11.5 Å². The molecule has 0 saturated carbocycles. The minimum Gasteiger partial charge on any atom is -0.497 e. The molecule has 0 aliphatic carbocycles. The molecular weight excluding hydrogens is 316 g/mol. The van der Waals surface area contributed by atoms with Crippen LogP contribution in [0.2, 0.25) is 0 Å². The highest BCUT2D eigenvalue weighted by Gasteiger charge is 2.23. The van der Waals surface area contributed by atoms with Crippen LogP contribution in [-0.4, -0.2) is 51.2 Å². The van der Waals surface area contributed by atoms with E-state index in [1.165, 1.54) is 5.56 Å². The highest BCUT2D eigenvalue weighted by Crippen LogP contribution is 2.30. The fourth-order valence-corrected chi connectivity index (χ4v) is 3.11. The number of amides is 1. The third-order valence-electron chi connectivity index (χ3n) is 4.58. The average Bonchev–Trinajstić information content (AvgIpc) is 2.67. The van der Waals surface area contributed by atoms with Crippen LogP contribution >= 0.6 is 0 Å². The first-order chi connectivity index (χ1) is 12.1. The number of carbonyl (C=O) groups excluding carboxylic acids is 1. The van der Waals surface area contributed by atoms with Crippen molar-refractivity contribution in [1.82, 2.24) is 4.90 Å². The second-order valence-corrected chi connectivity index (χ2v) is 6.18. The smallest absolute Gasteiger partial charge is 0.253 e. The quantitative estimate of drug-likeness (QED) is 0.858. The molecule has 5 heteroatoms. The van der Waals surface area contributed by atoms with E-state index in [0.29, 0.717) is 18.7 Å². The molecule has 1 aliphatic rings. The highest BCUT2D eigenvalue weighted by molar-refractivity contribution is 5.94. The van der Waals surface area contributed by atoms with Gasteiger partial charge in [0, 0.05) is 31.7 Å². The molecule has 0 aromatic heterocycles. The zero-order chi connectivity index (χ0) is 17.8. The minimum absolute atomic E-state index is 0.0681. The molecule has 1 saturated heterocycles. The van der Waals surface area contributed by atoms with Crippen molar-refractivity contribution in [2.45, 2.75) is 6.92 Å². The van der Waals surface area contributed by atoms with Crippen LogP contribution in [0.3, 0.4) is 0 Å². The number of carbonyl (C=O) groups is 1. The Kier molecular flexibility index (Phi) is 5.12.